The molecular formula is C16H19N5S. The van der Waals surface area contributed by atoms with Crippen LogP contribution in [0.2, 0.25) is 0 Å². The summed E-state index contributed by atoms with van der Waals surface area (Å²) in [5.41, 5.74) is 3.52. The number of aromatic nitrogens is 4. The average Bonchev–Trinajstić information content (AvgIpc) is 3.15. The number of rotatable bonds is 6. The van der Waals surface area contributed by atoms with Crippen LogP contribution in [0, 0.1) is 0 Å². The fraction of sp³-hybridized carbons (Fsp3) is 0.312. The largest absolute Gasteiger partial charge is 0.356 e. The molecule has 0 amide bonds. The van der Waals surface area contributed by atoms with Crippen molar-refractivity contribution in [3.8, 4) is 11.1 Å². The van der Waals surface area contributed by atoms with Gasteiger partial charge in [0.1, 0.15) is 5.01 Å². The van der Waals surface area contributed by atoms with Gasteiger partial charge in [-0.05, 0) is 23.6 Å². The van der Waals surface area contributed by atoms with Crippen LogP contribution in [-0.4, -0.2) is 20.0 Å². The van der Waals surface area contributed by atoms with Crippen molar-refractivity contribution >= 4 is 16.5 Å². The summed E-state index contributed by atoms with van der Waals surface area (Å²) in [5, 5.41) is 17.9. The van der Waals surface area contributed by atoms with Crippen LogP contribution in [0.1, 0.15) is 23.9 Å². The Hall–Kier alpha value is -2.21. The van der Waals surface area contributed by atoms with Crippen LogP contribution in [0.5, 0.6) is 0 Å². The van der Waals surface area contributed by atoms with E-state index >= 15 is 0 Å². The molecule has 0 unspecified atom stereocenters. The minimum Gasteiger partial charge on any atom is -0.356 e. The third-order valence-electron chi connectivity index (χ3n) is 3.34. The Bertz CT molecular complexity index is 746. The minimum atomic E-state index is 0.745. The van der Waals surface area contributed by atoms with Crippen LogP contribution >= 0.6 is 11.3 Å². The van der Waals surface area contributed by atoms with Gasteiger partial charge in [0, 0.05) is 31.8 Å². The highest BCUT2D eigenvalue weighted by Gasteiger charge is 2.04. The van der Waals surface area contributed by atoms with Gasteiger partial charge in [0.15, 0.2) is 0 Å². The topological polar surface area (TPSA) is 55.6 Å². The number of hydrogen-bond donors (Lipinski definition) is 1. The van der Waals surface area contributed by atoms with Crippen molar-refractivity contribution in [3.05, 3.63) is 47.2 Å². The maximum Gasteiger partial charge on any atom is 0.205 e. The molecule has 6 heteroatoms. The Kier molecular flexibility index (Phi) is 4.48. The molecule has 22 heavy (non-hydrogen) atoms. The molecule has 0 aliphatic rings. The van der Waals surface area contributed by atoms with E-state index in [1.807, 2.05) is 24.1 Å². The van der Waals surface area contributed by atoms with E-state index in [0.29, 0.717) is 0 Å². The Morgan fingerprint density at radius 2 is 2.14 bits per heavy atom. The molecule has 0 aliphatic carbocycles. The molecule has 1 N–H and O–H groups in total. The van der Waals surface area contributed by atoms with E-state index in [9.17, 15) is 0 Å². The first-order chi connectivity index (χ1) is 10.7. The minimum absolute atomic E-state index is 0.745. The molecule has 3 aromatic rings. The number of aryl methyl sites for hydroxylation is 2. The van der Waals surface area contributed by atoms with Crippen LogP contribution in [-0.2, 0) is 20.0 Å². The highest BCUT2D eigenvalue weighted by Crippen LogP contribution is 2.21. The molecule has 3 rings (SSSR count). The number of nitrogens with zero attached hydrogens (tertiary/aromatic N) is 4. The van der Waals surface area contributed by atoms with E-state index in [1.54, 1.807) is 11.3 Å². The number of anilines is 1. The molecule has 0 fully saturated rings. The summed E-state index contributed by atoms with van der Waals surface area (Å²) >= 11 is 1.63. The van der Waals surface area contributed by atoms with Crippen molar-refractivity contribution in [2.75, 3.05) is 5.32 Å². The second-order valence-corrected chi connectivity index (χ2v) is 6.27. The van der Waals surface area contributed by atoms with E-state index < -0.39 is 0 Å². The Morgan fingerprint density at radius 3 is 2.91 bits per heavy atom. The molecule has 0 saturated carbocycles. The van der Waals surface area contributed by atoms with E-state index in [4.69, 9.17) is 0 Å². The summed E-state index contributed by atoms with van der Waals surface area (Å²) in [6, 6.07) is 8.46. The average molecular weight is 313 g/mol. The van der Waals surface area contributed by atoms with Crippen molar-refractivity contribution < 1.29 is 0 Å². The predicted octanol–water partition coefficient (Wildman–Crippen LogP) is 3.50. The second-order valence-electron chi connectivity index (χ2n) is 5.21. The highest BCUT2D eigenvalue weighted by molar-refractivity contribution is 7.15. The monoisotopic (exact) mass is 313 g/mol. The maximum absolute atomic E-state index is 4.22. The van der Waals surface area contributed by atoms with Gasteiger partial charge in [-0.1, -0.05) is 36.5 Å². The van der Waals surface area contributed by atoms with Crippen molar-refractivity contribution in [1.82, 2.24) is 20.0 Å². The molecule has 2 aromatic heterocycles. The fourth-order valence-electron chi connectivity index (χ4n) is 2.25. The van der Waals surface area contributed by atoms with E-state index in [-0.39, 0.29) is 0 Å². The van der Waals surface area contributed by atoms with Gasteiger partial charge < -0.3 is 5.32 Å². The molecule has 0 radical (unpaired) electrons. The summed E-state index contributed by atoms with van der Waals surface area (Å²) in [6.45, 7) is 2.90. The summed E-state index contributed by atoms with van der Waals surface area (Å²) in [5.74, 6) is 0. The van der Waals surface area contributed by atoms with Crippen LogP contribution in [0.3, 0.4) is 0 Å². The van der Waals surface area contributed by atoms with Crippen molar-refractivity contribution in [2.24, 2.45) is 7.05 Å². The van der Waals surface area contributed by atoms with E-state index in [0.717, 1.165) is 35.1 Å². The second kappa shape index (κ2) is 6.70. The van der Waals surface area contributed by atoms with Gasteiger partial charge in [0.2, 0.25) is 5.13 Å². The summed E-state index contributed by atoms with van der Waals surface area (Å²) in [6.07, 6.45) is 6.00. The van der Waals surface area contributed by atoms with Gasteiger partial charge >= 0.3 is 0 Å². The number of benzene rings is 1. The SMILES string of the molecule is CCCc1nnc(NCc2cccc(-c3cnn(C)c3)c2)s1. The zero-order valence-electron chi connectivity index (χ0n) is 12.8. The first kappa shape index (κ1) is 14.7. The molecular weight excluding hydrogens is 294 g/mol. The molecule has 114 valence electrons. The fourth-order valence-corrected chi connectivity index (χ4v) is 3.09. The molecule has 2 heterocycles. The van der Waals surface area contributed by atoms with Gasteiger partial charge in [-0.25, -0.2) is 0 Å². The first-order valence-electron chi connectivity index (χ1n) is 7.39. The molecule has 0 atom stereocenters. The zero-order valence-corrected chi connectivity index (χ0v) is 13.6. The molecule has 0 aliphatic heterocycles. The standard InChI is InChI=1S/C16H19N5S/c1-3-5-15-19-20-16(22-15)17-9-12-6-4-7-13(8-12)14-10-18-21(2)11-14/h4,6-8,10-11H,3,5,9H2,1-2H3,(H,17,20). The van der Waals surface area contributed by atoms with Crippen LogP contribution in [0.25, 0.3) is 11.1 Å². The van der Waals surface area contributed by atoms with Crippen molar-refractivity contribution in [1.29, 1.82) is 0 Å². The lowest BCUT2D eigenvalue weighted by Gasteiger charge is -2.04. The maximum atomic E-state index is 4.22. The lowest BCUT2D eigenvalue weighted by atomic mass is 10.1. The van der Waals surface area contributed by atoms with Gasteiger partial charge in [-0.2, -0.15) is 5.10 Å². The van der Waals surface area contributed by atoms with E-state index in [1.165, 1.54) is 11.1 Å². The smallest absolute Gasteiger partial charge is 0.205 e. The molecule has 0 saturated heterocycles. The predicted molar refractivity (Wildman–Crippen MR) is 89.9 cm³/mol. The molecule has 5 nitrogen and oxygen atoms in total. The summed E-state index contributed by atoms with van der Waals surface area (Å²) in [4.78, 5) is 0. The summed E-state index contributed by atoms with van der Waals surface area (Å²) < 4.78 is 1.82. The third kappa shape index (κ3) is 3.51. The molecule has 0 bridgehead atoms. The molecule has 1 aromatic carbocycles. The van der Waals surface area contributed by atoms with Crippen molar-refractivity contribution in [2.45, 2.75) is 26.3 Å². The van der Waals surface area contributed by atoms with Gasteiger partial charge in [-0.15, -0.1) is 10.2 Å². The third-order valence-corrected chi connectivity index (χ3v) is 4.28. The van der Waals surface area contributed by atoms with Crippen molar-refractivity contribution in [3.63, 3.8) is 0 Å². The van der Waals surface area contributed by atoms with Crippen LogP contribution in [0.4, 0.5) is 5.13 Å². The molecule has 0 spiro atoms. The Balaban J connectivity index is 1.67. The normalized spacial score (nSPS) is 10.8. The quantitative estimate of drug-likeness (QED) is 0.756. The van der Waals surface area contributed by atoms with Gasteiger partial charge in [0.05, 0.1) is 6.20 Å². The van der Waals surface area contributed by atoms with Crippen LogP contribution in [0.15, 0.2) is 36.7 Å². The zero-order chi connectivity index (χ0) is 15.4. The highest BCUT2D eigenvalue weighted by atomic mass is 32.1. The number of nitrogens with one attached hydrogen (secondary N) is 1. The lowest BCUT2D eigenvalue weighted by Crippen LogP contribution is -1.98. The lowest BCUT2D eigenvalue weighted by molar-refractivity contribution is 0.768. The van der Waals surface area contributed by atoms with E-state index in [2.05, 4.69) is 51.8 Å². The summed E-state index contributed by atoms with van der Waals surface area (Å²) in [7, 11) is 1.93. The Labute approximate surface area is 134 Å². The van der Waals surface area contributed by atoms with Crippen LogP contribution < -0.4 is 5.32 Å². The van der Waals surface area contributed by atoms with Gasteiger partial charge in [-0.3, -0.25) is 4.68 Å². The number of hydrogen-bond acceptors (Lipinski definition) is 5. The van der Waals surface area contributed by atoms with Gasteiger partial charge in [0.25, 0.3) is 0 Å². The Morgan fingerprint density at radius 1 is 1.23 bits per heavy atom. The first-order valence-corrected chi connectivity index (χ1v) is 8.20.